The molecule has 0 saturated heterocycles. The van der Waals surface area contributed by atoms with Crippen molar-refractivity contribution in [1.82, 2.24) is 10.2 Å². The number of nitro benzene ring substituents is 1. The van der Waals surface area contributed by atoms with Gasteiger partial charge in [0.2, 0.25) is 0 Å². The maximum Gasteiger partial charge on any atom is 0.335 e. The summed E-state index contributed by atoms with van der Waals surface area (Å²) in [5.41, 5.74) is 0.898. The van der Waals surface area contributed by atoms with Gasteiger partial charge in [-0.15, -0.1) is 6.58 Å². The average Bonchev–Trinajstić information content (AvgIpc) is 2.49. The molecular formula is C15H15N3O4S. The predicted octanol–water partition coefficient (Wildman–Crippen LogP) is 2.37. The Labute approximate surface area is 138 Å². The summed E-state index contributed by atoms with van der Waals surface area (Å²) >= 11 is 5.28. The maximum absolute atomic E-state index is 11.7. The van der Waals surface area contributed by atoms with E-state index in [9.17, 15) is 20.0 Å². The standard InChI is InChI=1S/C15H15N3O4S/c1-3-7-17-13(10-5-4-6-11(8-10)18(21)22)12(14(19)20)9(2)16-15(17)23/h3-6,8,13H,1,7H2,2H3,(H,16,23)(H,19,20). The lowest BCUT2D eigenvalue weighted by Crippen LogP contribution is -2.48. The van der Waals surface area contributed by atoms with Crippen LogP contribution in [0.25, 0.3) is 0 Å². The van der Waals surface area contributed by atoms with Crippen molar-refractivity contribution < 1.29 is 14.8 Å². The third-order valence-corrected chi connectivity index (χ3v) is 3.83. The highest BCUT2D eigenvalue weighted by atomic mass is 32.1. The number of nitrogens with zero attached hydrogens (tertiary/aromatic N) is 2. The van der Waals surface area contributed by atoms with Gasteiger partial charge in [-0.3, -0.25) is 10.1 Å². The fourth-order valence-electron chi connectivity index (χ4n) is 2.54. The highest BCUT2D eigenvalue weighted by Crippen LogP contribution is 2.34. The summed E-state index contributed by atoms with van der Waals surface area (Å²) in [4.78, 5) is 23.8. The van der Waals surface area contributed by atoms with E-state index in [4.69, 9.17) is 12.2 Å². The Morgan fingerprint density at radius 2 is 2.30 bits per heavy atom. The number of allylic oxidation sites excluding steroid dienone is 1. The molecule has 1 aliphatic heterocycles. The van der Waals surface area contributed by atoms with E-state index in [2.05, 4.69) is 11.9 Å². The molecule has 8 heteroatoms. The van der Waals surface area contributed by atoms with E-state index < -0.39 is 16.9 Å². The van der Waals surface area contributed by atoms with Crippen LogP contribution in [-0.4, -0.2) is 32.6 Å². The Bertz CT molecular complexity index is 729. The number of carbonyl (C=O) groups is 1. The van der Waals surface area contributed by atoms with Crippen molar-refractivity contribution in [2.75, 3.05) is 6.54 Å². The number of carboxylic acid groups (broad SMARTS) is 1. The third kappa shape index (κ3) is 3.21. The normalized spacial score (nSPS) is 17.7. The van der Waals surface area contributed by atoms with Gasteiger partial charge in [-0.2, -0.15) is 0 Å². The molecule has 1 aromatic rings. The summed E-state index contributed by atoms with van der Waals surface area (Å²) in [6.45, 7) is 5.58. The lowest BCUT2D eigenvalue weighted by atomic mass is 9.93. The number of rotatable bonds is 5. The zero-order valence-electron chi connectivity index (χ0n) is 12.4. The molecular weight excluding hydrogens is 318 g/mol. The summed E-state index contributed by atoms with van der Waals surface area (Å²) in [7, 11) is 0. The number of aliphatic carboxylic acids is 1. The maximum atomic E-state index is 11.7. The Balaban J connectivity index is 2.64. The molecule has 0 aliphatic carbocycles. The molecule has 1 aliphatic rings. The largest absolute Gasteiger partial charge is 0.478 e. The average molecular weight is 333 g/mol. The minimum Gasteiger partial charge on any atom is -0.478 e. The molecule has 120 valence electrons. The SMILES string of the molecule is C=CCN1C(=S)NC(C)=C(C(=O)O)C1c1cccc([N+](=O)[O-])c1. The van der Waals surface area contributed by atoms with Crippen LogP contribution in [0, 0.1) is 10.1 Å². The smallest absolute Gasteiger partial charge is 0.335 e. The van der Waals surface area contributed by atoms with E-state index in [1.54, 1.807) is 24.0 Å². The molecule has 0 aromatic heterocycles. The molecule has 1 unspecified atom stereocenters. The summed E-state index contributed by atoms with van der Waals surface area (Å²) in [5, 5.41) is 23.8. The van der Waals surface area contributed by atoms with Crippen LogP contribution in [0.1, 0.15) is 18.5 Å². The van der Waals surface area contributed by atoms with Gasteiger partial charge in [0.25, 0.3) is 5.69 Å². The number of benzene rings is 1. The second-order valence-corrected chi connectivity index (χ2v) is 5.36. The van der Waals surface area contributed by atoms with Crippen LogP contribution in [0.3, 0.4) is 0 Å². The van der Waals surface area contributed by atoms with Crippen LogP contribution in [0.15, 0.2) is 48.2 Å². The third-order valence-electron chi connectivity index (χ3n) is 3.50. The first kappa shape index (κ1) is 16.6. The van der Waals surface area contributed by atoms with Gasteiger partial charge in [-0.05, 0) is 24.7 Å². The Morgan fingerprint density at radius 3 is 2.87 bits per heavy atom. The Hall–Kier alpha value is -2.74. The quantitative estimate of drug-likeness (QED) is 0.369. The highest BCUT2D eigenvalue weighted by molar-refractivity contribution is 7.80. The number of nitrogens with one attached hydrogen (secondary N) is 1. The molecule has 2 N–H and O–H groups in total. The Kier molecular flexibility index (Phi) is 4.75. The van der Waals surface area contributed by atoms with Crippen molar-refractivity contribution in [2.45, 2.75) is 13.0 Å². The van der Waals surface area contributed by atoms with Crippen molar-refractivity contribution in [3.8, 4) is 0 Å². The van der Waals surface area contributed by atoms with Gasteiger partial charge < -0.3 is 15.3 Å². The van der Waals surface area contributed by atoms with E-state index >= 15 is 0 Å². The van der Waals surface area contributed by atoms with E-state index in [0.717, 1.165) is 0 Å². The molecule has 0 spiro atoms. The van der Waals surface area contributed by atoms with Crippen molar-refractivity contribution in [2.24, 2.45) is 0 Å². The highest BCUT2D eigenvalue weighted by Gasteiger charge is 2.35. The summed E-state index contributed by atoms with van der Waals surface area (Å²) in [6, 6.07) is 5.18. The van der Waals surface area contributed by atoms with Gasteiger partial charge in [0.1, 0.15) is 0 Å². The van der Waals surface area contributed by atoms with Gasteiger partial charge >= 0.3 is 5.97 Å². The van der Waals surface area contributed by atoms with E-state index in [-0.39, 0.29) is 11.3 Å². The number of nitro groups is 1. The van der Waals surface area contributed by atoms with E-state index in [1.165, 1.54) is 18.2 Å². The van der Waals surface area contributed by atoms with Gasteiger partial charge in [-0.1, -0.05) is 18.2 Å². The summed E-state index contributed by atoms with van der Waals surface area (Å²) in [5.74, 6) is -1.11. The predicted molar refractivity (Wildman–Crippen MR) is 88.8 cm³/mol. The molecule has 0 radical (unpaired) electrons. The molecule has 1 atom stereocenters. The minimum atomic E-state index is -1.11. The molecule has 23 heavy (non-hydrogen) atoms. The molecule has 1 heterocycles. The number of hydrogen-bond donors (Lipinski definition) is 2. The number of thiocarbonyl (C=S) groups is 1. The van der Waals surface area contributed by atoms with Gasteiger partial charge in [0.05, 0.1) is 16.5 Å². The van der Waals surface area contributed by atoms with E-state index in [0.29, 0.717) is 22.9 Å². The second kappa shape index (κ2) is 6.57. The van der Waals surface area contributed by atoms with Gasteiger partial charge in [-0.25, -0.2) is 4.79 Å². The van der Waals surface area contributed by atoms with Crippen molar-refractivity contribution in [3.63, 3.8) is 0 Å². The van der Waals surface area contributed by atoms with E-state index in [1.807, 2.05) is 0 Å². The molecule has 0 saturated carbocycles. The molecule has 0 fully saturated rings. The topological polar surface area (TPSA) is 95.7 Å². The molecule has 0 bridgehead atoms. The number of hydrogen-bond acceptors (Lipinski definition) is 4. The lowest BCUT2D eigenvalue weighted by Gasteiger charge is -2.38. The fourth-order valence-corrected chi connectivity index (χ4v) is 2.87. The van der Waals surface area contributed by atoms with Crippen LogP contribution in [0.4, 0.5) is 5.69 Å². The number of non-ortho nitro benzene ring substituents is 1. The second-order valence-electron chi connectivity index (χ2n) is 4.97. The fraction of sp³-hybridized carbons (Fsp3) is 0.200. The van der Waals surface area contributed by atoms with Crippen molar-refractivity contribution in [3.05, 3.63) is 63.9 Å². The van der Waals surface area contributed by atoms with Gasteiger partial charge in [0.15, 0.2) is 5.11 Å². The monoisotopic (exact) mass is 333 g/mol. The molecule has 2 rings (SSSR count). The van der Waals surface area contributed by atoms with Crippen LogP contribution >= 0.6 is 12.2 Å². The zero-order valence-corrected chi connectivity index (χ0v) is 13.2. The van der Waals surface area contributed by atoms with Crippen LogP contribution in [-0.2, 0) is 4.79 Å². The summed E-state index contributed by atoms with van der Waals surface area (Å²) < 4.78 is 0. The minimum absolute atomic E-state index is 0.0981. The Morgan fingerprint density at radius 1 is 1.61 bits per heavy atom. The van der Waals surface area contributed by atoms with Crippen molar-refractivity contribution in [1.29, 1.82) is 0 Å². The molecule has 0 amide bonds. The molecule has 1 aromatic carbocycles. The first-order chi connectivity index (χ1) is 10.9. The molecule has 7 nitrogen and oxygen atoms in total. The van der Waals surface area contributed by atoms with Crippen LogP contribution in [0.2, 0.25) is 0 Å². The van der Waals surface area contributed by atoms with Gasteiger partial charge in [0, 0.05) is 24.4 Å². The first-order valence-electron chi connectivity index (χ1n) is 6.73. The first-order valence-corrected chi connectivity index (χ1v) is 7.14. The van der Waals surface area contributed by atoms with Crippen LogP contribution in [0.5, 0.6) is 0 Å². The van der Waals surface area contributed by atoms with Crippen molar-refractivity contribution >= 4 is 29.0 Å². The summed E-state index contributed by atoms with van der Waals surface area (Å²) in [6.07, 6.45) is 1.60. The lowest BCUT2D eigenvalue weighted by molar-refractivity contribution is -0.384. The zero-order chi connectivity index (χ0) is 17.1. The van der Waals surface area contributed by atoms with Crippen LogP contribution < -0.4 is 5.32 Å². The number of carboxylic acids is 1.